The van der Waals surface area contributed by atoms with Crippen LogP contribution in [0.25, 0.3) is 0 Å². The maximum atomic E-state index is 11.7. The molecule has 0 aliphatic carbocycles. The van der Waals surface area contributed by atoms with Crippen LogP contribution in [0.5, 0.6) is 0 Å². The molecule has 0 fully saturated rings. The molecule has 0 rings (SSSR count). The van der Waals surface area contributed by atoms with Crippen molar-refractivity contribution in [2.75, 3.05) is 39.6 Å². The fourth-order valence-corrected chi connectivity index (χ4v) is 2.56. The predicted molar refractivity (Wildman–Crippen MR) is 125 cm³/mol. The highest BCUT2D eigenvalue weighted by Crippen LogP contribution is 2.04. The van der Waals surface area contributed by atoms with Gasteiger partial charge in [-0.3, -0.25) is 0 Å². The molecule has 11 nitrogen and oxygen atoms in total. The summed E-state index contributed by atoms with van der Waals surface area (Å²) in [5.74, 6) is -1.26. The van der Waals surface area contributed by atoms with Crippen molar-refractivity contribution in [3.05, 3.63) is 0 Å². The quantitative estimate of drug-likeness (QED) is 0.133. The molecule has 0 N–H and O–H groups in total. The standard InChI is InChI=1S/C24H42O11/c1-5-7-9-11-13-30-21(25)19(3)34-23(27)32-17-15-29-16-18-33-24(28)35-20(4)22(26)31-14-12-10-8-6-2/h19-20H,5-18H2,1-4H3/t19-,20-/m0/s1. The van der Waals surface area contributed by atoms with Gasteiger partial charge in [-0.05, 0) is 26.7 Å². The molecule has 0 aliphatic rings. The zero-order valence-electron chi connectivity index (χ0n) is 21.5. The van der Waals surface area contributed by atoms with E-state index < -0.39 is 36.5 Å². The van der Waals surface area contributed by atoms with Gasteiger partial charge in [0.25, 0.3) is 0 Å². The third kappa shape index (κ3) is 19.4. The first-order valence-corrected chi connectivity index (χ1v) is 12.4. The first-order valence-electron chi connectivity index (χ1n) is 12.4. The Kier molecular flexibility index (Phi) is 20.3. The highest BCUT2D eigenvalue weighted by molar-refractivity contribution is 5.77. The van der Waals surface area contributed by atoms with Gasteiger partial charge in [0, 0.05) is 0 Å². The Morgan fingerprint density at radius 1 is 0.514 bits per heavy atom. The van der Waals surface area contributed by atoms with E-state index in [1.165, 1.54) is 13.8 Å². The van der Waals surface area contributed by atoms with Crippen molar-refractivity contribution >= 4 is 24.2 Å². The predicted octanol–water partition coefficient (Wildman–Crippen LogP) is 4.33. The van der Waals surface area contributed by atoms with Gasteiger partial charge >= 0.3 is 24.2 Å². The van der Waals surface area contributed by atoms with Crippen LogP contribution in [0.1, 0.15) is 79.1 Å². The summed E-state index contributed by atoms with van der Waals surface area (Å²) in [7, 11) is 0. The molecule has 0 radical (unpaired) electrons. The molecule has 0 aromatic rings. The lowest BCUT2D eigenvalue weighted by Gasteiger charge is -2.13. The van der Waals surface area contributed by atoms with Crippen LogP contribution in [0, 0.1) is 0 Å². The van der Waals surface area contributed by atoms with Crippen LogP contribution in [0.15, 0.2) is 0 Å². The fraction of sp³-hybridized carbons (Fsp3) is 0.833. The molecule has 0 heterocycles. The van der Waals surface area contributed by atoms with Crippen molar-refractivity contribution in [1.29, 1.82) is 0 Å². The third-order valence-corrected chi connectivity index (χ3v) is 4.59. The van der Waals surface area contributed by atoms with E-state index in [0.717, 1.165) is 51.4 Å². The average Bonchev–Trinajstić information content (AvgIpc) is 2.82. The lowest BCUT2D eigenvalue weighted by Crippen LogP contribution is -2.28. The lowest BCUT2D eigenvalue weighted by atomic mass is 10.2. The number of carbonyl (C=O) groups is 4. The van der Waals surface area contributed by atoms with Gasteiger partial charge in [-0.25, -0.2) is 19.2 Å². The van der Waals surface area contributed by atoms with Gasteiger partial charge in [0.15, 0.2) is 12.2 Å². The molecule has 0 bridgehead atoms. The van der Waals surface area contributed by atoms with Crippen molar-refractivity contribution in [1.82, 2.24) is 0 Å². The van der Waals surface area contributed by atoms with Crippen LogP contribution < -0.4 is 0 Å². The van der Waals surface area contributed by atoms with Crippen molar-refractivity contribution in [2.24, 2.45) is 0 Å². The maximum absolute atomic E-state index is 11.7. The first kappa shape index (κ1) is 32.4. The number of hydrogen-bond donors (Lipinski definition) is 0. The van der Waals surface area contributed by atoms with Crippen LogP contribution >= 0.6 is 0 Å². The molecule has 0 spiro atoms. The second-order valence-electron chi connectivity index (χ2n) is 7.79. The second kappa shape index (κ2) is 21.9. The Labute approximate surface area is 208 Å². The molecule has 0 saturated heterocycles. The van der Waals surface area contributed by atoms with E-state index in [0.29, 0.717) is 0 Å². The van der Waals surface area contributed by atoms with Gasteiger partial charge in [0.05, 0.1) is 26.4 Å². The van der Waals surface area contributed by atoms with Crippen LogP contribution in [-0.4, -0.2) is 76.1 Å². The van der Waals surface area contributed by atoms with Gasteiger partial charge in [-0.2, -0.15) is 0 Å². The number of carbonyl (C=O) groups excluding carboxylic acids is 4. The van der Waals surface area contributed by atoms with E-state index in [-0.39, 0.29) is 39.6 Å². The molecule has 0 aliphatic heterocycles. The summed E-state index contributed by atoms with van der Waals surface area (Å²) in [6.07, 6.45) is 3.60. The maximum Gasteiger partial charge on any atom is 0.509 e. The fourth-order valence-electron chi connectivity index (χ4n) is 2.56. The SMILES string of the molecule is CCCCCCOC(=O)[C@H](C)OC(=O)OCCOCCOC(=O)O[C@@H](C)C(=O)OCCCCCC. The van der Waals surface area contributed by atoms with Gasteiger partial charge in [-0.15, -0.1) is 0 Å². The second-order valence-corrected chi connectivity index (χ2v) is 7.79. The normalized spacial score (nSPS) is 12.2. The molecule has 0 unspecified atom stereocenters. The molecule has 204 valence electrons. The highest BCUT2D eigenvalue weighted by Gasteiger charge is 2.21. The number of unbranched alkanes of at least 4 members (excludes halogenated alkanes) is 6. The first-order chi connectivity index (χ1) is 16.8. The van der Waals surface area contributed by atoms with E-state index in [1.54, 1.807) is 0 Å². The van der Waals surface area contributed by atoms with Crippen LogP contribution in [0.4, 0.5) is 9.59 Å². The van der Waals surface area contributed by atoms with Crippen molar-refractivity contribution in [2.45, 2.75) is 91.3 Å². The van der Waals surface area contributed by atoms with Crippen LogP contribution in [-0.2, 0) is 42.7 Å². The minimum atomic E-state index is -1.07. The molecule has 0 aromatic carbocycles. The van der Waals surface area contributed by atoms with Gasteiger partial charge in [0.2, 0.25) is 0 Å². The Hall–Kier alpha value is -2.56. The smallest absolute Gasteiger partial charge is 0.463 e. The number of esters is 2. The molecular formula is C24H42O11. The van der Waals surface area contributed by atoms with E-state index in [1.807, 2.05) is 0 Å². The number of ether oxygens (including phenoxy) is 7. The van der Waals surface area contributed by atoms with E-state index in [2.05, 4.69) is 13.8 Å². The minimum absolute atomic E-state index is 0.0184. The summed E-state index contributed by atoms with van der Waals surface area (Å²) in [6, 6.07) is 0. The van der Waals surface area contributed by atoms with Crippen molar-refractivity contribution in [3.63, 3.8) is 0 Å². The third-order valence-electron chi connectivity index (χ3n) is 4.59. The molecular weight excluding hydrogens is 464 g/mol. The van der Waals surface area contributed by atoms with E-state index >= 15 is 0 Å². The van der Waals surface area contributed by atoms with Crippen LogP contribution in [0.3, 0.4) is 0 Å². The van der Waals surface area contributed by atoms with Gasteiger partial charge in [0.1, 0.15) is 13.2 Å². The zero-order chi connectivity index (χ0) is 26.3. The monoisotopic (exact) mass is 506 g/mol. The van der Waals surface area contributed by atoms with Crippen molar-refractivity contribution in [3.8, 4) is 0 Å². The number of rotatable bonds is 20. The number of hydrogen-bond acceptors (Lipinski definition) is 11. The molecule has 35 heavy (non-hydrogen) atoms. The zero-order valence-corrected chi connectivity index (χ0v) is 21.5. The van der Waals surface area contributed by atoms with Crippen molar-refractivity contribution < 1.29 is 52.3 Å². The summed E-state index contributed by atoms with van der Waals surface area (Å²) >= 11 is 0. The van der Waals surface area contributed by atoms with Gasteiger partial charge in [-0.1, -0.05) is 52.4 Å². The Morgan fingerprint density at radius 2 is 0.914 bits per heavy atom. The summed E-state index contributed by atoms with van der Waals surface area (Å²) < 4.78 is 34.5. The highest BCUT2D eigenvalue weighted by atomic mass is 16.7. The molecule has 0 amide bonds. The molecule has 0 aromatic heterocycles. The molecule has 2 atom stereocenters. The summed E-state index contributed by atoms with van der Waals surface area (Å²) in [6.45, 7) is 7.33. The Morgan fingerprint density at radius 3 is 1.29 bits per heavy atom. The minimum Gasteiger partial charge on any atom is -0.463 e. The molecule has 0 saturated carbocycles. The summed E-state index contributed by atoms with van der Waals surface area (Å²) in [4.78, 5) is 46.7. The average molecular weight is 507 g/mol. The Bertz CT molecular complexity index is 544. The van der Waals surface area contributed by atoms with E-state index in [4.69, 9.17) is 33.2 Å². The van der Waals surface area contributed by atoms with E-state index in [9.17, 15) is 19.2 Å². The Balaban J connectivity index is 3.73. The lowest BCUT2D eigenvalue weighted by molar-refractivity contribution is -0.154. The summed E-state index contributed by atoms with van der Waals surface area (Å²) in [5, 5.41) is 0. The largest absolute Gasteiger partial charge is 0.509 e. The summed E-state index contributed by atoms with van der Waals surface area (Å²) in [5.41, 5.74) is 0. The van der Waals surface area contributed by atoms with Gasteiger partial charge < -0.3 is 33.2 Å². The molecule has 11 heteroatoms. The van der Waals surface area contributed by atoms with Crippen LogP contribution in [0.2, 0.25) is 0 Å². The topological polar surface area (TPSA) is 133 Å².